The number of likely N-dealkylation sites (tertiary alicyclic amines) is 1. The highest BCUT2D eigenvalue weighted by Crippen LogP contribution is 2.30. The van der Waals surface area contributed by atoms with Gasteiger partial charge in [0.2, 0.25) is 11.8 Å². The van der Waals surface area contributed by atoms with Crippen LogP contribution in [-0.4, -0.2) is 159 Å². The van der Waals surface area contributed by atoms with Crippen LogP contribution in [-0.2, 0) is 35.0 Å². The third kappa shape index (κ3) is 12.8. The van der Waals surface area contributed by atoms with E-state index in [0.717, 1.165) is 29.5 Å². The van der Waals surface area contributed by atoms with E-state index in [9.17, 15) is 14.4 Å². The van der Waals surface area contributed by atoms with Crippen LogP contribution in [0.5, 0.6) is 0 Å². The van der Waals surface area contributed by atoms with Gasteiger partial charge >= 0.3 is 0 Å². The highest BCUT2D eigenvalue weighted by atomic mass is 16.6. The molecular formula is C38H58N10O7. The number of nitrogens with two attached hydrogens (primary N) is 2. The van der Waals surface area contributed by atoms with Crippen LogP contribution in [0.25, 0.3) is 11.0 Å². The largest absolute Gasteiger partial charge is 0.383 e. The molecule has 0 bridgehead atoms. The van der Waals surface area contributed by atoms with Crippen LogP contribution < -0.4 is 16.8 Å². The molecule has 302 valence electrons. The molecule has 0 unspecified atom stereocenters. The van der Waals surface area contributed by atoms with Crippen molar-refractivity contribution in [3.63, 3.8) is 0 Å². The Morgan fingerprint density at radius 1 is 0.945 bits per heavy atom. The summed E-state index contributed by atoms with van der Waals surface area (Å²) in [5.74, 6) is -0.414. The first-order chi connectivity index (χ1) is 26.5. The van der Waals surface area contributed by atoms with Crippen LogP contribution in [0.2, 0.25) is 0 Å². The molecule has 3 aromatic rings. The number of piperidine rings is 1. The average Bonchev–Trinajstić information content (AvgIpc) is 3.57. The number of hydrogen-bond donors (Lipinski definition) is 3. The Hall–Kier alpha value is -4.52. The minimum Gasteiger partial charge on any atom is -0.383 e. The quantitative estimate of drug-likeness (QED) is 0.0983. The van der Waals surface area contributed by atoms with Gasteiger partial charge in [-0.05, 0) is 56.5 Å². The number of carbonyl (C=O) groups excluding carboxylic acids is 3. The summed E-state index contributed by atoms with van der Waals surface area (Å²) in [5, 5.41) is 8.07. The third-order valence-electron chi connectivity index (χ3n) is 9.45. The van der Waals surface area contributed by atoms with Gasteiger partial charge in [-0.15, -0.1) is 0 Å². The number of rotatable bonds is 22. The Morgan fingerprint density at radius 2 is 1.62 bits per heavy atom. The molecule has 4 rings (SSSR count). The second-order valence-corrected chi connectivity index (χ2v) is 13.7. The van der Waals surface area contributed by atoms with E-state index in [1.54, 1.807) is 40.7 Å². The number of nitrogens with one attached hydrogen (secondary N) is 1. The first-order valence-corrected chi connectivity index (χ1v) is 18.8. The van der Waals surface area contributed by atoms with Crippen molar-refractivity contribution in [2.24, 2.45) is 5.73 Å². The first kappa shape index (κ1) is 43.2. The topological polar surface area (TPSA) is 206 Å². The van der Waals surface area contributed by atoms with Crippen LogP contribution in [0.4, 0.5) is 11.5 Å². The number of anilines is 2. The maximum atomic E-state index is 13.8. The van der Waals surface area contributed by atoms with Crippen molar-refractivity contribution in [3.8, 4) is 0 Å². The molecular weight excluding hydrogens is 708 g/mol. The van der Waals surface area contributed by atoms with Gasteiger partial charge in [0.1, 0.15) is 12.1 Å². The number of hydrogen-bond acceptors (Lipinski definition) is 13. The molecule has 2 aromatic heterocycles. The highest BCUT2D eigenvalue weighted by Gasteiger charge is 2.30. The molecule has 1 atom stereocenters. The highest BCUT2D eigenvalue weighted by molar-refractivity contribution is 6.13. The van der Waals surface area contributed by atoms with Crippen molar-refractivity contribution in [2.75, 3.05) is 118 Å². The number of aromatic nitrogens is 4. The summed E-state index contributed by atoms with van der Waals surface area (Å²) >= 11 is 0. The van der Waals surface area contributed by atoms with E-state index in [1.165, 1.54) is 6.33 Å². The zero-order valence-electron chi connectivity index (χ0n) is 32.9. The summed E-state index contributed by atoms with van der Waals surface area (Å²) in [4.78, 5) is 53.4. The lowest BCUT2D eigenvalue weighted by molar-refractivity contribution is -0.128. The minimum absolute atomic E-state index is 0.00557. The number of benzene rings is 1. The molecule has 1 aromatic carbocycles. The Morgan fingerprint density at radius 3 is 2.29 bits per heavy atom. The van der Waals surface area contributed by atoms with Crippen LogP contribution in [0.1, 0.15) is 46.1 Å². The Bertz CT molecular complexity index is 1750. The third-order valence-corrected chi connectivity index (χ3v) is 9.45. The number of ether oxygens (including phenoxy) is 4. The fraction of sp³-hybridized carbons (Fsp3) is 0.579. The van der Waals surface area contributed by atoms with E-state index in [-0.39, 0.29) is 35.8 Å². The van der Waals surface area contributed by atoms with E-state index in [1.807, 2.05) is 33.0 Å². The molecule has 1 aliphatic rings. The molecule has 0 aliphatic carbocycles. The number of fused-ring (bicyclic) bond motifs is 1. The van der Waals surface area contributed by atoms with Gasteiger partial charge in [0, 0.05) is 58.6 Å². The van der Waals surface area contributed by atoms with Crippen LogP contribution in [0.3, 0.4) is 0 Å². The molecule has 5 N–H and O–H groups in total. The van der Waals surface area contributed by atoms with Crippen LogP contribution in [0.15, 0.2) is 30.6 Å². The Kier molecular flexibility index (Phi) is 17.4. The number of nitrogen functional groups attached to an aromatic ring is 1. The van der Waals surface area contributed by atoms with Gasteiger partial charge in [0.25, 0.3) is 5.91 Å². The van der Waals surface area contributed by atoms with Crippen molar-refractivity contribution in [2.45, 2.75) is 39.2 Å². The van der Waals surface area contributed by atoms with Gasteiger partial charge in [-0.25, -0.2) is 14.6 Å². The predicted octanol–water partition coefficient (Wildman–Crippen LogP) is 1.58. The lowest BCUT2D eigenvalue weighted by Gasteiger charge is -2.32. The van der Waals surface area contributed by atoms with E-state index < -0.39 is 5.91 Å². The lowest BCUT2D eigenvalue weighted by Crippen LogP contribution is -2.40. The summed E-state index contributed by atoms with van der Waals surface area (Å²) in [6.07, 6.45) is 6.58. The summed E-state index contributed by atoms with van der Waals surface area (Å²) in [5.41, 5.74) is 15.5. The second kappa shape index (κ2) is 22.1. The lowest BCUT2D eigenvalue weighted by atomic mass is 9.98. The molecule has 3 amide bonds. The van der Waals surface area contributed by atoms with E-state index in [2.05, 4.69) is 20.2 Å². The molecule has 17 heteroatoms. The summed E-state index contributed by atoms with van der Waals surface area (Å²) in [6, 6.07) is 3.42. The SMILES string of the molecule is Cc1c(CC(=O)N(C)C)ccc(NC(=O)c2nn([C@@H]3CCCN(C(=O)/C=C/CN(C)CCOCCOCCOCCOCCN)C3)c3ncnc(N)c23)c1C. The van der Waals surface area contributed by atoms with Crippen molar-refractivity contribution in [1.82, 2.24) is 34.4 Å². The fourth-order valence-corrected chi connectivity index (χ4v) is 6.07. The second-order valence-electron chi connectivity index (χ2n) is 13.7. The van der Waals surface area contributed by atoms with Gasteiger partial charge < -0.3 is 50.4 Å². The molecule has 55 heavy (non-hydrogen) atoms. The fourth-order valence-electron chi connectivity index (χ4n) is 6.07. The first-order valence-electron chi connectivity index (χ1n) is 18.8. The van der Waals surface area contributed by atoms with Crippen LogP contribution in [0, 0.1) is 13.8 Å². The van der Waals surface area contributed by atoms with Crippen molar-refractivity contribution in [1.29, 1.82) is 0 Å². The molecule has 0 saturated carbocycles. The maximum absolute atomic E-state index is 13.8. The molecule has 0 spiro atoms. The monoisotopic (exact) mass is 766 g/mol. The van der Waals surface area contributed by atoms with E-state index in [4.69, 9.17) is 35.5 Å². The van der Waals surface area contributed by atoms with Crippen molar-refractivity contribution >= 4 is 40.3 Å². The Balaban J connectivity index is 1.27. The molecule has 1 fully saturated rings. The minimum atomic E-state index is -0.457. The number of carbonyl (C=O) groups is 3. The Labute approximate surface area is 323 Å². The van der Waals surface area contributed by atoms with Crippen molar-refractivity contribution in [3.05, 3.63) is 53.0 Å². The van der Waals surface area contributed by atoms with Gasteiger partial charge in [-0.1, -0.05) is 12.1 Å². The summed E-state index contributed by atoms with van der Waals surface area (Å²) in [7, 11) is 5.42. The molecule has 1 aliphatic heterocycles. The zero-order valence-corrected chi connectivity index (χ0v) is 32.9. The molecule has 17 nitrogen and oxygen atoms in total. The van der Waals surface area contributed by atoms with Crippen LogP contribution >= 0.6 is 0 Å². The van der Waals surface area contributed by atoms with E-state index in [0.29, 0.717) is 102 Å². The van der Waals surface area contributed by atoms with Gasteiger partial charge in [0.15, 0.2) is 11.3 Å². The predicted molar refractivity (Wildman–Crippen MR) is 210 cm³/mol. The molecule has 0 radical (unpaired) electrons. The maximum Gasteiger partial charge on any atom is 0.277 e. The van der Waals surface area contributed by atoms with Gasteiger partial charge in [-0.2, -0.15) is 5.10 Å². The van der Waals surface area contributed by atoms with E-state index >= 15 is 0 Å². The number of amides is 3. The zero-order chi connectivity index (χ0) is 39.7. The number of nitrogens with zero attached hydrogens (tertiary/aromatic N) is 7. The average molecular weight is 767 g/mol. The van der Waals surface area contributed by atoms with Crippen molar-refractivity contribution < 1.29 is 33.3 Å². The summed E-state index contributed by atoms with van der Waals surface area (Å²) in [6.45, 7) is 10.7. The number of likely N-dealkylation sites (N-methyl/N-ethyl adjacent to an activating group) is 2. The van der Waals surface area contributed by atoms with Gasteiger partial charge in [-0.3, -0.25) is 14.4 Å². The standard InChI is InChI=1S/C38H58N10O7/c1-27-28(2)31(11-10-29(27)24-33(50)45(3)4)43-38(51)35-34-36(40)41-26-42-37(34)48(44-35)30-8-6-14-47(25-30)32(49)9-7-13-46(5)15-17-53-19-21-55-23-22-54-20-18-52-16-12-39/h7,9-11,26,30H,6,8,12-25,39H2,1-5H3,(H,43,51)(H2,40,41,42)/b9-7+/t30-/m1/s1. The molecule has 1 saturated heterocycles. The normalized spacial score (nSPS) is 14.7. The molecule has 3 heterocycles. The van der Waals surface area contributed by atoms with Gasteiger partial charge in [0.05, 0.1) is 70.7 Å². The smallest absolute Gasteiger partial charge is 0.277 e. The summed E-state index contributed by atoms with van der Waals surface area (Å²) < 4.78 is 23.5.